The molecule has 0 heterocycles. The highest BCUT2D eigenvalue weighted by Gasteiger charge is 2.24. The van der Waals surface area contributed by atoms with E-state index in [9.17, 15) is 14.4 Å². The molecule has 2 aromatic carbocycles. The molecule has 2 rings (SSSR count). The summed E-state index contributed by atoms with van der Waals surface area (Å²) < 4.78 is 0. The van der Waals surface area contributed by atoms with Crippen LogP contribution in [0.15, 0.2) is 33.9 Å². The first-order valence-electron chi connectivity index (χ1n) is 7.30. The zero-order valence-corrected chi connectivity index (χ0v) is 14.0. The highest BCUT2D eigenvalue weighted by molar-refractivity contribution is 5.95. The van der Waals surface area contributed by atoms with Crippen molar-refractivity contribution in [3.8, 4) is 0 Å². The molecule has 2 N–H and O–H groups in total. The Morgan fingerprint density at radius 2 is 1.65 bits per heavy atom. The van der Waals surface area contributed by atoms with Crippen LogP contribution in [0.25, 0.3) is 0 Å². The van der Waals surface area contributed by atoms with Crippen LogP contribution in [0.1, 0.15) is 31.1 Å². The van der Waals surface area contributed by atoms with Gasteiger partial charge in [-0.3, -0.25) is 14.4 Å². The Labute approximate surface area is 134 Å². The van der Waals surface area contributed by atoms with Crippen LogP contribution in [-0.2, 0) is 0 Å². The Bertz CT molecular complexity index is 809. The molecule has 23 heavy (non-hydrogen) atoms. The number of carbonyl (C=O) groups is 1. The van der Waals surface area contributed by atoms with Crippen LogP contribution >= 0.6 is 0 Å². The van der Waals surface area contributed by atoms with Gasteiger partial charge in [-0.15, -0.1) is 0 Å². The summed E-state index contributed by atoms with van der Waals surface area (Å²) in [6.07, 6.45) is 0. The number of nitrogens with one attached hydrogen (secondary N) is 2. The van der Waals surface area contributed by atoms with E-state index < -0.39 is 10.9 Å². The number of nitrogens with zero attached hydrogens (tertiary/aromatic N) is 1. The van der Waals surface area contributed by atoms with Crippen LogP contribution in [0.2, 0.25) is 0 Å². The summed E-state index contributed by atoms with van der Waals surface area (Å²) >= 11 is 0. The standard InChI is InChI=1S/C17H21N3O3/c1-17(2,3)19-13-12(14(21)15(13)22)18-11-8-6-7-10(9-11)16(23)20(4)5/h6-9,18-19H,1-5H3. The highest BCUT2D eigenvalue weighted by atomic mass is 16.2. The molecule has 0 saturated carbocycles. The Morgan fingerprint density at radius 1 is 1.04 bits per heavy atom. The van der Waals surface area contributed by atoms with Crippen molar-refractivity contribution in [2.75, 3.05) is 24.7 Å². The van der Waals surface area contributed by atoms with Gasteiger partial charge in [0.15, 0.2) is 0 Å². The van der Waals surface area contributed by atoms with Gasteiger partial charge in [-0.2, -0.15) is 0 Å². The van der Waals surface area contributed by atoms with Crippen LogP contribution in [0.3, 0.4) is 0 Å². The van der Waals surface area contributed by atoms with Crippen molar-refractivity contribution in [3.05, 3.63) is 50.3 Å². The predicted octanol–water partition coefficient (Wildman–Crippen LogP) is 1.94. The van der Waals surface area contributed by atoms with E-state index in [1.807, 2.05) is 20.8 Å². The average Bonchev–Trinajstić information content (AvgIpc) is 2.48. The molecule has 0 atom stereocenters. The van der Waals surface area contributed by atoms with Gasteiger partial charge in [0.1, 0.15) is 11.4 Å². The Balaban J connectivity index is 2.29. The molecule has 6 nitrogen and oxygen atoms in total. The first kappa shape index (κ1) is 16.7. The van der Waals surface area contributed by atoms with E-state index in [0.29, 0.717) is 11.3 Å². The van der Waals surface area contributed by atoms with Gasteiger partial charge in [-0.25, -0.2) is 0 Å². The van der Waals surface area contributed by atoms with Gasteiger partial charge in [0, 0.05) is 30.9 Å². The lowest BCUT2D eigenvalue weighted by Gasteiger charge is -2.25. The maximum absolute atomic E-state index is 12.0. The van der Waals surface area contributed by atoms with Crippen molar-refractivity contribution in [1.29, 1.82) is 0 Å². The number of amides is 1. The van der Waals surface area contributed by atoms with E-state index in [-0.39, 0.29) is 22.8 Å². The fourth-order valence-corrected chi connectivity index (χ4v) is 2.14. The van der Waals surface area contributed by atoms with Gasteiger partial charge in [0.05, 0.1) is 0 Å². The van der Waals surface area contributed by atoms with Crippen LogP contribution in [0, 0.1) is 0 Å². The number of rotatable bonds is 4. The second-order valence-electron chi connectivity index (χ2n) is 6.69. The maximum Gasteiger partial charge on any atom is 0.253 e. The van der Waals surface area contributed by atoms with E-state index >= 15 is 0 Å². The van der Waals surface area contributed by atoms with E-state index in [1.165, 1.54) is 4.90 Å². The smallest absolute Gasteiger partial charge is 0.253 e. The minimum absolute atomic E-state index is 0.133. The number of hydrogen-bond acceptors (Lipinski definition) is 5. The average molecular weight is 315 g/mol. The third kappa shape index (κ3) is 3.59. The molecule has 122 valence electrons. The van der Waals surface area contributed by atoms with Crippen molar-refractivity contribution < 1.29 is 4.79 Å². The second-order valence-corrected chi connectivity index (χ2v) is 6.69. The molecule has 0 spiro atoms. The lowest BCUT2D eigenvalue weighted by Crippen LogP contribution is -2.41. The molecule has 0 unspecified atom stereocenters. The largest absolute Gasteiger partial charge is 0.375 e. The minimum atomic E-state index is -0.555. The summed E-state index contributed by atoms with van der Waals surface area (Å²) in [6, 6.07) is 6.82. The summed E-state index contributed by atoms with van der Waals surface area (Å²) in [5.74, 6) is -0.133. The molecule has 0 fully saturated rings. The van der Waals surface area contributed by atoms with E-state index in [4.69, 9.17) is 0 Å². The van der Waals surface area contributed by atoms with Gasteiger partial charge < -0.3 is 15.5 Å². The zero-order chi connectivity index (χ0) is 17.4. The molecule has 2 aromatic rings. The van der Waals surface area contributed by atoms with E-state index in [1.54, 1.807) is 38.4 Å². The van der Waals surface area contributed by atoms with Gasteiger partial charge >= 0.3 is 0 Å². The zero-order valence-electron chi connectivity index (χ0n) is 14.0. The molecule has 0 aliphatic carbocycles. The third-order valence-corrected chi connectivity index (χ3v) is 3.20. The fourth-order valence-electron chi connectivity index (χ4n) is 2.14. The Kier molecular flexibility index (Phi) is 4.27. The second kappa shape index (κ2) is 5.87. The number of carbonyl (C=O) groups excluding carboxylic acids is 1. The minimum Gasteiger partial charge on any atom is -0.375 e. The van der Waals surface area contributed by atoms with Gasteiger partial charge in [-0.05, 0) is 39.0 Å². The maximum atomic E-state index is 12.0. The quantitative estimate of drug-likeness (QED) is 0.843. The predicted molar refractivity (Wildman–Crippen MR) is 92.5 cm³/mol. The van der Waals surface area contributed by atoms with Crippen molar-refractivity contribution in [2.24, 2.45) is 0 Å². The third-order valence-electron chi connectivity index (χ3n) is 3.20. The Morgan fingerprint density at radius 3 is 2.22 bits per heavy atom. The van der Waals surface area contributed by atoms with Gasteiger partial charge in [0.25, 0.3) is 16.8 Å². The number of anilines is 3. The summed E-state index contributed by atoms with van der Waals surface area (Å²) in [4.78, 5) is 37.0. The molecule has 0 radical (unpaired) electrons. The van der Waals surface area contributed by atoms with Crippen molar-refractivity contribution in [2.45, 2.75) is 26.3 Å². The van der Waals surface area contributed by atoms with Crippen LogP contribution in [0.4, 0.5) is 17.1 Å². The van der Waals surface area contributed by atoms with Crippen molar-refractivity contribution >= 4 is 23.0 Å². The van der Waals surface area contributed by atoms with Crippen LogP contribution < -0.4 is 21.5 Å². The van der Waals surface area contributed by atoms with Gasteiger partial charge in [0.2, 0.25) is 0 Å². The molecule has 0 bridgehead atoms. The molecule has 0 aromatic heterocycles. The number of benzene rings is 1. The SMILES string of the molecule is CN(C)C(=O)c1cccc(Nc2c(NC(C)(C)C)c(=O)c2=O)c1. The normalized spacial score (nSPS) is 11.3. The molecule has 6 heteroatoms. The number of hydrogen-bond donors (Lipinski definition) is 2. The molecular weight excluding hydrogens is 294 g/mol. The summed E-state index contributed by atoms with van der Waals surface area (Å²) in [5.41, 5.74) is 0.197. The first-order valence-corrected chi connectivity index (χ1v) is 7.30. The molecule has 0 aliphatic rings. The molecule has 1 amide bonds. The highest BCUT2D eigenvalue weighted by Crippen LogP contribution is 2.24. The van der Waals surface area contributed by atoms with Gasteiger partial charge in [-0.1, -0.05) is 6.07 Å². The fraction of sp³-hybridized carbons (Fsp3) is 0.353. The van der Waals surface area contributed by atoms with Crippen LogP contribution in [0.5, 0.6) is 0 Å². The summed E-state index contributed by atoms with van der Waals surface area (Å²) in [6.45, 7) is 5.72. The lowest BCUT2D eigenvalue weighted by atomic mass is 10.1. The van der Waals surface area contributed by atoms with E-state index in [2.05, 4.69) is 10.6 Å². The topological polar surface area (TPSA) is 78.5 Å². The lowest BCUT2D eigenvalue weighted by molar-refractivity contribution is 0.0827. The molecule has 0 saturated heterocycles. The summed E-state index contributed by atoms with van der Waals surface area (Å²) in [5, 5.41) is 5.97. The van der Waals surface area contributed by atoms with Crippen molar-refractivity contribution in [3.63, 3.8) is 0 Å². The molecular formula is C17H21N3O3. The first-order chi connectivity index (χ1) is 10.6. The monoisotopic (exact) mass is 315 g/mol. The molecule has 0 aliphatic heterocycles. The van der Waals surface area contributed by atoms with Crippen LogP contribution in [-0.4, -0.2) is 30.4 Å². The Hall–Kier alpha value is -2.63. The summed E-state index contributed by atoms with van der Waals surface area (Å²) in [7, 11) is 3.34. The van der Waals surface area contributed by atoms with E-state index in [0.717, 1.165) is 0 Å². The van der Waals surface area contributed by atoms with Crippen molar-refractivity contribution in [1.82, 2.24) is 4.90 Å².